The molecule has 0 bridgehead atoms. The third kappa shape index (κ3) is 4.64. The van der Waals surface area contributed by atoms with E-state index in [1.54, 1.807) is 30.3 Å². The molecule has 4 amide bonds. The van der Waals surface area contributed by atoms with Gasteiger partial charge in [0.2, 0.25) is 0 Å². The molecule has 0 unspecified atom stereocenters. The number of urea groups is 1. The number of carbonyl (C=O) groups excluding carboxylic acids is 3. The number of imide groups is 2. The molecule has 1 saturated heterocycles. The third-order valence-corrected chi connectivity index (χ3v) is 5.62. The number of nitrogens with one attached hydrogen (secondary N) is 1. The summed E-state index contributed by atoms with van der Waals surface area (Å²) < 4.78 is 14.4. The van der Waals surface area contributed by atoms with Gasteiger partial charge in [0, 0.05) is 9.50 Å². The van der Waals surface area contributed by atoms with E-state index in [0.29, 0.717) is 17.0 Å². The first-order valence-electron chi connectivity index (χ1n) is 9.52. The third-order valence-electron chi connectivity index (χ3n) is 4.88. The number of benzene rings is 3. The van der Waals surface area contributed by atoms with Crippen molar-refractivity contribution in [2.45, 2.75) is 6.42 Å². The molecule has 3 aromatic carbocycles. The number of amides is 4. The van der Waals surface area contributed by atoms with Gasteiger partial charge in [0.15, 0.2) is 0 Å². The van der Waals surface area contributed by atoms with Gasteiger partial charge in [-0.25, -0.2) is 14.1 Å². The topological polar surface area (TPSA) is 66.5 Å². The van der Waals surface area contributed by atoms with Crippen molar-refractivity contribution in [3.05, 3.63) is 104 Å². The fraction of sp³-hybridized carbons (Fsp3) is 0.0417. The number of nitrogens with zero attached hydrogens (tertiary/aromatic N) is 1. The van der Waals surface area contributed by atoms with E-state index >= 15 is 0 Å². The van der Waals surface area contributed by atoms with Gasteiger partial charge in [0.1, 0.15) is 11.4 Å². The minimum Gasteiger partial charge on any atom is -0.273 e. The Kier molecular flexibility index (Phi) is 6.21. The van der Waals surface area contributed by atoms with Gasteiger partial charge in [-0.15, -0.1) is 0 Å². The van der Waals surface area contributed by atoms with Crippen molar-refractivity contribution in [1.29, 1.82) is 0 Å². The lowest BCUT2D eigenvalue weighted by molar-refractivity contribution is -0.122. The number of hydrogen-bond donors (Lipinski definition) is 1. The Morgan fingerprint density at radius 2 is 1.75 bits per heavy atom. The van der Waals surface area contributed by atoms with Crippen LogP contribution in [0.25, 0.3) is 6.08 Å². The summed E-state index contributed by atoms with van der Waals surface area (Å²) in [5, 5.41) is 2.65. The van der Waals surface area contributed by atoms with Gasteiger partial charge in [-0.1, -0.05) is 45.7 Å². The van der Waals surface area contributed by atoms with Gasteiger partial charge in [-0.3, -0.25) is 14.9 Å². The number of carbonyl (C=O) groups is 3. The second kappa shape index (κ2) is 9.06. The van der Waals surface area contributed by atoms with Crippen molar-refractivity contribution < 1.29 is 18.8 Å². The Bertz CT molecular complexity index is 1270. The van der Waals surface area contributed by atoms with Gasteiger partial charge < -0.3 is 0 Å². The van der Waals surface area contributed by atoms with Gasteiger partial charge in [-0.2, -0.15) is 0 Å². The van der Waals surface area contributed by atoms with Crippen LogP contribution < -0.4 is 10.2 Å². The van der Waals surface area contributed by atoms with Gasteiger partial charge in [0.25, 0.3) is 11.8 Å². The predicted molar refractivity (Wildman–Crippen MR) is 124 cm³/mol. The van der Waals surface area contributed by atoms with E-state index in [0.717, 1.165) is 20.5 Å². The first kappa shape index (κ1) is 21.9. The van der Waals surface area contributed by atoms with E-state index in [9.17, 15) is 18.8 Å². The Morgan fingerprint density at radius 1 is 1.00 bits per heavy atom. The van der Waals surface area contributed by atoms with E-state index in [1.807, 2.05) is 12.1 Å². The van der Waals surface area contributed by atoms with Gasteiger partial charge in [0.05, 0.1) is 5.69 Å². The average Bonchev–Trinajstić information content (AvgIpc) is 2.74. The minimum absolute atomic E-state index is 0.196. The molecule has 160 valence electrons. The maximum Gasteiger partial charge on any atom is 0.335 e. The molecular weight excluding hydrogens is 499 g/mol. The lowest BCUT2D eigenvalue weighted by Crippen LogP contribution is -2.54. The zero-order chi connectivity index (χ0) is 22.8. The van der Waals surface area contributed by atoms with E-state index in [2.05, 4.69) is 21.2 Å². The fourth-order valence-corrected chi connectivity index (χ4v) is 3.87. The lowest BCUT2D eigenvalue weighted by atomic mass is 9.97. The van der Waals surface area contributed by atoms with Gasteiger partial charge in [-0.05, 0) is 77.7 Å². The highest BCUT2D eigenvalue weighted by atomic mass is 79.9. The van der Waals surface area contributed by atoms with Crippen LogP contribution in [0.15, 0.2) is 76.8 Å². The minimum atomic E-state index is -0.839. The summed E-state index contributed by atoms with van der Waals surface area (Å²) in [6.07, 6.45) is 1.83. The van der Waals surface area contributed by atoms with Crippen LogP contribution in [-0.4, -0.2) is 17.8 Å². The molecule has 1 fully saturated rings. The number of rotatable bonds is 4. The van der Waals surface area contributed by atoms with Crippen molar-refractivity contribution in [2.75, 3.05) is 4.90 Å². The van der Waals surface area contributed by atoms with Crippen molar-refractivity contribution in [1.82, 2.24) is 5.32 Å². The van der Waals surface area contributed by atoms with Crippen LogP contribution in [0, 0.1) is 5.82 Å². The molecule has 32 heavy (non-hydrogen) atoms. The van der Waals surface area contributed by atoms with Crippen molar-refractivity contribution in [3.63, 3.8) is 0 Å². The summed E-state index contributed by atoms with van der Waals surface area (Å²) in [7, 11) is 0. The molecule has 0 spiro atoms. The first-order chi connectivity index (χ1) is 15.3. The molecule has 3 aromatic rings. The van der Waals surface area contributed by atoms with Crippen LogP contribution in [0.2, 0.25) is 5.02 Å². The van der Waals surface area contributed by atoms with Gasteiger partial charge >= 0.3 is 6.03 Å². The Hall–Kier alpha value is -3.29. The maximum absolute atomic E-state index is 13.6. The molecule has 0 saturated carbocycles. The second-order valence-corrected chi connectivity index (χ2v) is 8.44. The SMILES string of the molecule is O=C1NC(=O)N(c2ccc(Cl)cc2)C(=O)/C1=C/c1cc(Br)ccc1Cc1cccc(F)c1. The van der Waals surface area contributed by atoms with Crippen molar-refractivity contribution >= 4 is 57.1 Å². The number of anilines is 1. The fourth-order valence-electron chi connectivity index (χ4n) is 3.37. The van der Waals surface area contributed by atoms with Crippen LogP contribution in [0.4, 0.5) is 14.9 Å². The maximum atomic E-state index is 13.6. The Labute approximate surface area is 196 Å². The molecule has 0 aromatic heterocycles. The first-order valence-corrected chi connectivity index (χ1v) is 10.7. The summed E-state index contributed by atoms with van der Waals surface area (Å²) >= 11 is 9.30. The predicted octanol–water partition coefficient (Wildman–Crippen LogP) is 5.50. The summed E-state index contributed by atoms with van der Waals surface area (Å²) in [6.45, 7) is 0. The van der Waals surface area contributed by atoms with Crippen LogP contribution >= 0.6 is 27.5 Å². The Balaban J connectivity index is 1.74. The largest absolute Gasteiger partial charge is 0.335 e. The van der Waals surface area contributed by atoms with E-state index in [1.165, 1.54) is 30.3 Å². The molecule has 8 heteroatoms. The normalized spacial score (nSPS) is 15.3. The van der Waals surface area contributed by atoms with E-state index < -0.39 is 17.8 Å². The van der Waals surface area contributed by atoms with E-state index in [-0.39, 0.29) is 17.1 Å². The molecule has 1 N–H and O–H groups in total. The molecule has 1 aliphatic rings. The average molecular weight is 514 g/mol. The number of hydrogen-bond acceptors (Lipinski definition) is 3. The second-order valence-electron chi connectivity index (χ2n) is 7.08. The van der Waals surface area contributed by atoms with Crippen LogP contribution in [0.5, 0.6) is 0 Å². The zero-order valence-electron chi connectivity index (χ0n) is 16.4. The smallest absolute Gasteiger partial charge is 0.273 e. The zero-order valence-corrected chi connectivity index (χ0v) is 18.8. The molecule has 0 atom stereocenters. The summed E-state index contributed by atoms with van der Waals surface area (Å²) in [5.74, 6) is -1.89. The molecule has 5 nitrogen and oxygen atoms in total. The van der Waals surface area contributed by atoms with Crippen LogP contribution in [0.3, 0.4) is 0 Å². The van der Waals surface area contributed by atoms with Crippen LogP contribution in [-0.2, 0) is 16.0 Å². The summed E-state index contributed by atoms with van der Waals surface area (Å²) in [4.78, 5) is 38.9. The molecule has 4 rings (SSSR count). The highest BCUT2D eigenvalue weighted by Crippen LogP contribution is 2.26. The Morgan fingerprint density at radius 3 is 2.47 bits per heavy atom. The summed E-state index contributed by atoms with van der Waals surface area (Å²) in [6, 6.07) is 16.9. The van der Waals surface area contributed by atoms with Crippen molar-refractivity contribution in [2.24, 2.45) is 0 Å². The summed E-state index contributed by atoms with van der Waals surface area (Å²) in [5.41, 5.74) is 2.20. The lowest BCUT2D eigenvalue weighted by Gasteiger charge is -2.26. The highest BCUT2D eigenvalue weighted by Gasteiger charge is 2.36. The highest BCUT2D eigenvalue weighted by molar-refractivity contribution is 9.10. The molecular formula is C24H15BrClFN2O3. The molecule has 0 aliphatic carbocycles. The monoisotopic (exact) mass is 512 g/mol. The molecule has 1 heterocycles. The quantitative estimate of drug-likeness (QED) is 0.370. The molecule has 1 aliphatic heterocycles. The molecule has 0 radical (unpaired) electrons. The number of barbiturate groups is 1. The van der Waals surface area contributed by atoms with E-state index in [4.69, 9.17) is 11.6 Å². The van der Waals surface area contributed by atoms with Crippen molar-refractivity contribution in [3.8, 4) is 0 Å². The van der Waals surface area contributed by atoms with Crippen LogP contribution in [0.1, 0.15) is 16.7 Å². The standard InChI is InChI=1S/C24H15BrClFN2O3/c25-17-5-4-15(10-14-2-1-3-19(27)11-14)16(12-17)13-21-22(30)28-24(32)29(23(21)31)20-8-6-18(26)7-9-20/h1-9,11-13H,10H2,(H,28,30,32)/b21-13+. The number of halogens is 3.